The van der Waals surface area contributed by atoms with Gasteiger partial charge in [-0.15, -0.1) is 0 Å². The van der Waals surface area contributed by atoms with Crippen LogP contribution in [-0.2, 0) is 0 Å². The molecule has 0 fully saturated rings. The highest BCUT2D eigenvalue weighted by Gasteiger charge is 2.17. The lowest BCUT2D eigenvalue weighted by Gasteiger charge is -2.29. The zero-order chi connectivity index (χ0) is 58.2. The third-order valence-corrected chi connectivity index (χ3v) is 12.9. The van der Waals surface area contributed by atoms with Gasteiger partial charge < -0.3 is 9.80 Å². The van der Waals surface area contributed by atoms with E-state index in [1.54, 1.807) is 0 Å². The first-order valence-corrected chi connectivity index (χ1v) is 28.9. The summed E-state index contributed by atoms with van der Waals surface area (Å²) in [5.74, 6) is 0. The maximum absolute atomic E-state index is 2.34. The smallest absolute Gasteiger partial charge is 0.0540 e. The monoisotopic (exact) mass is 1060 g/mol. The van der Waals surface area contributed by atoms with Crippen molar-refractivity contribution in [2.45, 2.75) is 89.5 Å². The first-order chi connectivity index (χ1) is 39.6. The second-order valence-electron chi connectivity index (χ2n) is 19.3. The Kier molecular flexibility index (Phi) is 27.0. The van der Waals surface area contributed by atoms with Crippen molar-refractivity contribution in [1.82, 2.24) is 0 Å². The van der Waals surface area contributed by atoms with Crippen LogP contribution < -0.4 is 9.80 Å². The number of para-hydroxylation sites is 1. The predicted molar refractivity (Wildman–Crippen MR) is 361 cm³/mol. The van der Waals surface area contributed by atoms with Crippen molar-refractivity contribution in [1.29, 1.82) is 0 Å². The number of rotatable bonds is 6. The molecule has 0 aliphatic carbocycles. The van der Waals surface area contributed by atoms with Crippen molar-refractivity contribution < 1.29 is 0 Å². The van der Waals surface area contributed by atoms with Crippen LogP contribution in [0.5, 0.6) is 0 Å². The lowest BCUT2D eigenvalue weighted by atomic mass is 10.1. The van der Waals surface area contributed by atoms with Gasteiger partial charge in [-0.25, -0.2) is 0 Å². The Morgan fingerprint density at radius 1 is 0.222 bits per heavy atom. The molecular formula is C79H86N2. The molecule has 0 saturated heterocycles. The predicted octanol–water partition coefficient (Wildman–Crippen LogP) is 24.2. The summed E-state index contributed by atoms with van der Waals surface area (Å²) >= 11 is 0. The van der Waals surface area contributed by atoms with Crippen molar-refractivity contribution >= 4 is 66.4 Å². The van der Waals surface area contributed by atoms with Gasteiger partial charge in [0.15, 0.2) is 0 Å². The fourth-order valence-corrected chi connectivity index (χ4v) is 8.84. The second kappa shape index (κ2) is 34.8. The molecule has 0 amide bonds. The Labute approximate surface area is 487 Å². The van der Waals surface area contributed by atoms with Gasteiger partial charge in [0, 0.05) is 33.8 Å². The summed E-state index contributed by atoms with van der Waals surface area (Å²) in [4.78, 5) is 4.65. The Balaban J connectivity index is 0.000000224. The maximum atomic E-state index is 2.34. The number of nitrogens with zero attached hydrogens (tertiary/aromatic N) is 2. The van der Waals surface area contributed by atoms with E-state index in [1.165, 1.54) is 72.1 Å². The second-order valence-corrected chi connectivity index (χ2v) is 19.3. The highest BCUT2D eigenvalue weighted by molar-refractivity contribution is 5.99. The van der Waals surface area contributed by atoms with Gasteiger partial charge in [-0.1, -0.05) is 295 Å². The average Bonchev–Trinajstić information content (AvgIpc) is 3.58. The first kappa shape index (κ1) is 62.9. The molecule has 2 nitrogen and oxygen atoms in total. The highest BCUT2D eigenvalue weighted by atomic mass is 15.2. The normalized spacial score (nSPS) is 9.78. The van der Waals surface area contributed by atoms with Gasteiger partial charge in [-0.3, -0.25) is 0 Å². The summed E-state index contributed by atoms with van der Waals surface area (Å²) in [5, 5.41) is 7.82. The van der Waals surface area contributed by atoms with Gasteiger partial charge >= 0.3 is 0 Å². The average molecular weight is 1060 g/mol. The summed E-state index contributed by atoms with van der Waals surface area (Å²) in [6.07, 6.45) is 1.25. The van der Waals surface area contributed by atoms with E-state index in [1.807, 2.05) is 64.1 Å². The van der Waals surface area contributed by atoms with E-state index in [0.29, 0.717) is 0 Å². The number of aryl methyl sites for hydroxylation is 6. The van der Waals surface area contributed by atoms with E-state index < -0.39 is 0 Å². The zero-order valence-corrected chi connectivity index (χ0v) is 50.3. The minimum Gasteiger partial charge on any atom is -0.311 e. The van der Waals surface area contributed by atoms with Gasteiger partial charge in [-0.05, 0) is 146 Å². The Hall–Kier alpha value is -8.98. The SMILES string of the molecule is CC.CC.CCC.Cc1ccc(N(c2ccc(C)cc2)c2ccc(N(c3ccccc3)c3cccc4ccccc34)cc2)cc1.Cc1cccc2ccccc12.Cc1cccc2ccccc12.Cc1ccccc1.Cc1ccccc1. The van der Waals surface area contributed by atoms with Crippen LogP contribution in [0.25, 0.3) is 32.3 Å². The fourth-order valence-electron chi connectivity index (χ4n) is 8.84. The van der Waals surface area contributed by atoms with Crippen LogP contribution in [0.1, 0.15) is 81.3 Å². The van der Waals surface area contributed by atoms with Crippen LogP contribution in [0.15, 0.2) is 291 Å². The van der Waals surface area contributed by atoms with Crippen LogP contribution in [0.4, 0.5) is 34.1 Å². The minimum absolute atomic E-state index is 1.11. The van der Waals surface area contributed by atoms with Crippen molar-refractivity contribution in [2.75, 3.05) is 9.80 Å². The van der Waals surface area contributed by atoms with Gasteiger partial charge in [-0.2, -0.15) is 0 Å². The molecule has 0 heterocycles. The Morgan fingerprint density at radius 3 is 0.815 bits per heavy atom. The molecule has 0 aliphatic heterocycles. The lowest BCUT2D eigenvalue weighted by Crippen LogP contribution is -2.12. The third-order valence-electron chi connectivity index (χ3n) is 12.9. The number of hydrogen-bond donors (Lipinski definition) is 0. The molecule has 0 atom stereocenters. The molecule has 12 aromatic carbocycles. The molecule has 81 heavy (non-hydrogen) atoms. The number of anilines is 6. The molecule has 2 heteroatoms. The van der Waals surface area contributed by atoms with Gasteiger partial charge in [0.05, 0.1) is 5.69 Å². The van der Waals surface area contributed by atoms with Crippen LogP contribution in [-0.4, -0.2) is 0 Å². The first-order valence-electron chi connectivity index (χ1n) is 28.9. The number of fused-ring (bicyclic) bond motifs is 3. The van der Waals surface area contributed by atoms with Gasteiger partial charge in [0.2, 0.25) is 0 Å². The molecule has 0 spiro atoms. The summed E-state index contributed by atoms with van der Waals surface area (Å²) < 4.78 is 0. The molecule has 0 saturated carbocycles. The quantitative estimate of drug-likeness (QED) is 0.164. The topological polar surface area (TPSA) is 6.48 Å². The third kappa shape index (κ3) is 19.4. The molecule has 12 rings (SSSR count). The van der Waals surface area contributed by atoms with Crippen LogP contribution in [0, 0.1) is 41.5 Å². The van der Waals surface area contributed by atoms with Crippen molar-refractivity contribution in [3.8, 4) is 0 Å². The van der Waals surface area contributed by atoms with E-state index in [0.717, 1.165) is 34.1 Å². The van der Waals surface area contributed by atoms with Crippen molar-refractivity contribution in [3.05, 3.63) is 325 Å². The Bertz CT molecular complexity index is 3430. The molecule has 12 aromatic rings. The molecule has 0 unspecified atom stereocenters. The van der Waals surface area contributed by atoms with E-state index in [-0.39, 0.29) is 0 Å². The highest BCUT2D eigenvalue weighted by Crippen LogP contribution is 2.41. The zero-order valence-electron chi connectivity index (χ0n) is 50.3. The summed E-state index contributed by atoms with van der Waals surface area (Å²) in [6.45, 7) is 24.9. The largest absolute Gasteiger partial charge is 0.311 e. The van der Waals surface area contributed by atoms with Crippen LogP contribution >= 0.6 is 0 Å². The van der Waals surface area contributed by atoms with E-state index in [9.17, 15) is 0 Å². The van der Waals surface area contributed by atoms with Crippen molar-refractivity contribution in [3.63, 3.8) is 0 Å². The number of hydrogen-bond acceptors (Lipinski definition) is 2. The lowest BCUT2D eigenvalue weighted by molar-refractivity contribution is 1.09. The van der Waals surface area contributed by atoms with Crippen LogP contribution in [0.3, 0.4) is 0 Å². The molecule has 412 valence electrons. The van der Waals surface area contributed by atoms with E-state index >= 15 is 0 Å². The van der Waals surface area contributed by atoms with Crippen LogP contribution in [0.2, 0.25) is 0 Å². The summed E-state index contributed by atoms with van der Waals surface area (Å²) in [6, 6.07) is 102. The molecule has 0 aromatic heterocycles. The van der Waals surface area contributed by atoms with Gasteiger partial charge in [0.25, 0.3) is 0 Å². The molecule has 0 radical (unpaired) electrons. The fraction of sp³-hybridized carbons (Fsp3) is 0.165. The Morgan fingerprint density at radius 2 is 0.469 bits per heavy atom. The molecule has 0 bridgehead atoms. The van der Waals surface area contributed by atoms with E-state index in [2.05, 4.69) is 320 Å². The number of benzene rings is 12. The molecular weight excluding hydrogens is 977 g/mol. The summed E-state index contributed by atoms with van der Waals surface area (Å²) in [7, 11) is 0. The van der Waals surface area contributed by atoms with E-state index in [4.69, 9.17) is 0 Å². The maximum Gasteiger partial charge on any atom is 0.0540 e. The minimum atomic E-state index is 1.11. The summed E-state index contributed by atoms with van der Waals surface area (Å²) in [5.41, 5.74) is 14.7. The van der Waals surface area contributed by atoms with Gasteiger partial charge in [0.1, 0.15) is 0 Å². The standard InChI is InChI=1S/C36H30N2.2C11H10.2C7H8.C3H8.2C2H6/c1-27-15-19-31(20-16-27)37(32-21-17-28(2)18-22-32)33-23-25-34(26-24-33)38(30-11-4-3-5-12-30)36-14-8-10-29-9-6-7-13-35(29)36;2*1-9-5-4-7-10-6-2-3-8-11(9)10;2*1-7-5-3-2-4-6-7;1-3-2;2*1-2/h3-26H,1-2H3;2*2-8H,1H3;2*2-6H,1H3;3H2,1-2H3;2*1-2H3. The molecule has 0 aliphatic rings. The molecule has 0 N–H and O–H groups in total. The van der Waals surface area contributed by atoms with Crippen molar-refractivity contribution in [2.24, 2.45) is 0 Å².